The Morgan fingerprint density at radius 2 is 2.00 bits per heavy atom. The van der Waals surface area contributed by atoms with E-state index in [9.17, 15) is 4.79 Å². The van der Waals surface area contributed by atoms with E-state index >= 15 is 0 Å². The minimum Gasteiger partial charge on any atom is -0.492 e. The average molecular weight is 261 g/mol. The molecule has 0 bridgehead atoms. The molecule has 0 heterocycles. The van der Waals surface area contributed by atoms with Crippen LogP contribution < -0.4 is 10.1 Å². The van der Waals surface area contributed by atoms with Crippen LogP contribution in [0.15, 0.2) is 18.2 Å². The van der Waals surface area contributed by atoms with Crippen molar-refractivity contribution in [3.05, 3.63) is 29.3 Å². The second-order valence-corrected chi connectivity index (χ2v) is 5.37. The van der Waals surface area contributed by atoms with Crippen molar-refractivity contribution >= 4 is 5.91 Å². The molecule has 0 aliphatic heterocycles. The van der Waals surface area contributed by atoms with Gasteiger partial charge in [0.1, 0.15) is 12.4 Å². The maximum absolute atomic E-state index is 11.8. The molecule has 1 N–H and O–H groups in total. The predicted molar refractivity (Wildman–Crippen MR) is 76.4 cm³/mol. The van der Waals surface area contributed by atoms with Gasteiger partial charge in [-0.15, -0.1) is 0 Å². The number of ether oxygens (including phenoxy) is 1. The monoisotopic (exact) mass is 261 g/mol. The largest absolute Gasteiger partial charge is 0.492 e. The molecule has 1 aromatic carbocycles. The highest BCUT2D eigenvalue weighted by Crippen LogP contribution is 2.24. The molecule has 0 spiro atoms. The molecular weight excluding hydrogens is 238 g/mol. The summed E-state index contributed by atoms with van der Waals surface area (Å²) in [7, 11) is 0. The minimum absolute atomic E-state index is 0.196. The van der Waals surface area contributed by atoms with Crippen LogP contribution in [0, 0.1) is 19.8 Å². The predicted octanol–water partition coefficient (Wildman–Crippen LogP) is 2.99. The van der Waals surface area contributed by atoms with Gasteiger partial charge in [-0.25, -0.2) is 0 Å². The van der Waals surface area contributed by atoms with Gasteiger partial charge in [-0.05, 0) is 49.9 Å². The normalized spacial score (nSPS) is 15.5. The molecule has 0 unspecified atom stereocenters. The van der Waals surface area contributed by atoms with Crippen LogP contribution in [-0.4, -0.2) is 19.1 Å². The number of hydrogen-bond donors (Lipinski definition) is 1. The summed E-state index contributed by atoms with van der Waals surface area (Å²) in [6.45, 7) is 5.27. The first-order valence-electron chi connectivity index (χ1n) is 7.14. The smallest absolute Gasteiger partial charge is 0.223 e. The van der Waals surface area contributed by atoms with E-state index in [2.05, 4.69) is 25.2 Å². The van der Waals surface area contributed by atoms with Crippen LogP contribution in [0.1, 0.15) is 36.8 Å². The Morgan fingerprint density at radius 3 is 2.68 bits per heavy atom. The lowest BCUT2D eigenvalue weighted by Gasteiger charge is -2.11. The summed E-state index contributed by atoms with van der Waals surface area (Å²) >= 11 is 0. The van der Waals surface area contributed by atoms with Gasteiger partial charge in [0.05, 0.1) is 6.54 Å². The maximum Gasteiger partial charge on any atom is 0.223 e. The van der Waals surface area contributed by atoms with Gasteiger partial charge in [-0.1, -0.05) is 18.9 Å². The van der Waals surface area contributed by atoms with Gasteiger partial charge in [0, 0.05) is 5.92 Å². The Bertz CT molecular complexity index is 436. The molecule has 1 aliphatic rings. The fraction of sp³-hybridized carbons (Fsp3) is 0.562. The van der Waals surface area contributed by atoms with Crippen LogP contribution >= 0.6 is 0 Å². The van der Waals surface area contributed by atoms with Crippen molar-refractivity contribution in [1.29, 1.82) is 0 Å². The number of carbonyl (C=O) groups is 1. The fourth-order valence-corrected chi connectivity index (χ4v) is 2.48. The molecule has 1 aromatic rings. The molecule has 1 aliphatic carbocycles. The van der Waals surface area contributed by atoms with E-state index in [0.717, 1.165) is 18.6 Å². The van der Waals surface area contributed by atoms with Crippen LogP contribution in [0.3, 0.4) is 0 Å². The number of amides is 1. The van der Waals surface area contributed by atoms with Crippen molar-refractivity contribution in [2.24, 2.45) is 5.92 Å². The molecule has 3 heteroatoms. The molecule has 3 nitrogen and oxygen atoms in total. The molecule has 1 fully saturated rings. The first-order chi connectivity index (χ1) is 9.16. The van der Waals surface area contributed by atoms with Gasteiger partial charge in [0.2, 0.25) is 5.91 Å². The van der Waals surface area contributed by atoms with Crippen molar-refractivity contribution in [2.45, 2.75) is 39.5 Å². The lowest BCUT2D eigenvalue weighted by atomic mass is 10.1. The Hall–Kier alpha value is -1.51. The first kappa shape index (κ1) is 13.9. The number of aryl methyl sites for hydroxylation is 2. The maximum atomic E-state index is 11.8. The Labute approximate surface area is 115 Å². The molecule has 1 saturated carbocycles. The van der Waals surface area contributed by atoms with E-state index in [1.54, 1.807) is 0 Å². The fourth-order valence-electron chi connectivity index (χ4n) is 2.48. The number of benzene rings is 1. The van der Waals surface area contributed by atoms with E-state index in [4.69, 9.17) is 4.74 Å². The summed E-state index contributed by atoms with van der Waals surface area (Å²) in [4.78, 5) is 11.8. The van der Waals surface area contributed by atoms with E-state index in [-0.39, 0.29) is 11.8 Å². The van der Waals surface area contributed by atoms with Crippen molar-refractivity contribution in [3.8, 4) is 5.75 Å². The molecule has 0 aromatic heterocycles. The third-order valence-electron chi connectivity index (χ3n) is 3.87. The molecule has 2 rings (SSSR count). The van der Waals surface area contributed by atoms with Crippen LogP contribution in [0.5, 0.6) is 5.75 Å². The zero-order valence-corrected chi connectivity index (χ0v) is 11.9. The van der Waals surface area contributed by atoms with Gasteiger partial charge in [-0.3, -0.25) is 4.79 Å². The van der Waals surface area contributed by atoms with Crippen molar-refractivity contribution in [3.63, 3.8) is 0 Å². The summed E-state index contributed by atoms with van der Waals surface area (Å²) in [5, 5.41) is 2.96. The molecule has 19 heavy (non-hydrogen) atoms. The zero-order chi connectivity index (χ0) is 13.7. The number of carbonyl (C=O) groups excluding carboxylic acids is 1. The molecule has 104 valence electrons. The molecule has 0 atom stereocenters. The van der Waals surface area contributed by atoms with Gasteiger partial charge in [0.25, 0.3) is 0 Å². The van der Waals surface area contributed by atoms with E-state index < -0.39 is 0 Å². The van der Waals surface area contributed by atoms with Crippen LogP contribution in [0.2, 0.25) is 0 Å². The number of hydrogen-bond acceptors (Lipinski definition) is 2. The summed E-state index contributed by atoms with van der Waals surface area (Å²) in [5.41, 5.74) is 2.49. The van der Waals surface area contributed by atoms with Crippen molar-refractivity contribution < 1.29 is 9.53 Å². The van der Waals surface area contributed by atoms with E-state index in [1.807, 2.05) is 12.1 Å². The van der Waals surface area contributed by atoms with Crippen molar-refractivity contribution in [1.82, 2.24) is 5.32 Å². The van der Waals surface area contributed by atoms with Crippen LogP contribution in [0.25, 0.3) is 0 Å². The quantitative estimate of drug-likeness (QED) is 0.827. The average Bonchev–Trinajstić information content (AvgIpc) is 2.92. The van der Waals surface area contributed by atoms with Crippen molar-refractivity contribution in [2.75, 3.05) is 13.2 Å². The van der Waals surface area contributed by atoms with E-state index in [0.29, 0.717) is 13.2 Å². The third kappa shape index (κ3) is 3.98. The van der Waals surface area contributed by atoms with E-state index in [1.165, 1.54) is 24.0 Å². The van der Waals surface area contributed by atoms with Gasteiger partial charge in [0.15, 0.2) is 0 Å². The Balaban J connectivity index is 1.68. The highest BCUT2D eigenvalue weighted by atomic mass is 16.5. The minimum atomic E-state index is 0.196. The third-order valence-corrected chi connectivity index (χ3v) is 3.87. The summed E-state index contributed by atoms with van der Waals surface area (Å²) in [6, 6.07) is 6.07. The second kappa shape index (κ2) is 6.60. The number of nitrogens with one attached hydrogen (secondary N) is 1. The lowest BCUT2D eigenvalue weighted by molar-refractivity contribution is -0.124. The Kier molecular flexibility index (Phi) is 4.83. The first-order valence-corrected chi connectivity index (χ1v) is 7.14. The second-order valence-electron chi connectivity index (χ2n) is 5.37. The number of rotatable bonds is 5. The SMILES string of the molecule is Cc1ccc(OCCNC(=O)C2CCCC2)cc1C. The van der Waals surface area contributed by atoms with Gasteiger partial charge < -0.3 is 10.1 Å². The summed E-state index contributed by atoms with van der Waals surface area (Å²) in [5.74, 6) is 1.31. The molecular formula is C16H23NO2. The standard InChI is InChI=1S/C16H23NO2/c1-12-7-8-15(11-13(12)2)19-10-9-17-16(18)14-5-3-4-6-14/h7-8,11,14H,3-6,9-10H2,1-2H3,(H,17,18). The lowest BCUT2D eigenvalue weighted by Crippen LogP contribution is -2.32. The highest BCUT2D eigenvalue weighted by Gasteiger charge is 2.21. The highest BCUT2D eigenvalue weighted by molar-refractivity contribution is 5.78. The van der Waals surface area contributed by atoms with Crippen LogP contribution in [0.4, 0.5) is 0 Å². The topological polar surface area (TPSA) is 38.3 Å². The molecule has 1 amide bonds. The molecule has 0 radical (unpaired) electrons. The summed E-state index contributed by atoms with van der Waals surface area (Å²) < 4.78 is 5.64. The van der Waals surface area contributed by atoms with Gasteiger partial charge in [-0.2, -0.15) is 0 Å². The molecule has 0 saturated heterocycles. The zero-order valence-electron chi connectivity index (χ0n) is 11.9. The van der Waals surface area contributed by atoms with Crippen LogP contribution in [-0.2, 0) is 4.79 Å². The Morgan fingerprint density at radius 1 is 1.26 bits per heavy atom. The van der Waals surface area contributed by atoms with Gasteiger partial charge >= 0.3 is 0 Å². The summed E-state index contributed by atoms with van der Waals surface area (Å²) in [6.07, 6.45) is 4.47.